The van der Waals surface area contributed by atoms with Crippen molar-refractivity contribution in [1.29, 1.82) is 0 Å². The molecule has 0 heterocycles. The summed E-state index contributed by atoms with van der Waals surface area (Å²) < 4.78 is 27.2. The molecular weight excluding hydrogens is 316 g/mol. The van der Waals surface area contributed by atoms with Gasteiger partial charge in [0.2, 0.25) is 0 Å². The highest BCUT2D eigenvalue weighted by molar-refractivity contribution is 7.92. The van der Waals surface area contributed by atoms with Gasteiger partial charge in [-0.2, -0.15) is 0 Å². The Morgan fingerprint density at radius 3 is 2.52 bits per heavy atom. The summed E-state index contributed by atoms with van der Waals surface area (Å²) in [5.74, 6) is -0.442. The van der Waals surface area contributed by atoms with Crippen LogP contribution in [-0.2, 0) is 19.7 Å². The molecule has 0 aliphatic carbocycles. The van der Waals surface area contributed by atoms with Gasteiger partial charge in [0, 0.05) is 11.8 Å². The maximum Gasteiger partial charge on any atom is 0.267 e. The molecule has 1 amide bonds. The van der Waals surface area contributed by atoms with Gasteiger partial charge in [0.25, 0.3) is 15.9 Å². The first-order valence-corrected chi connectivity index (χ1v) is 8.18. The van der Waals surface area contributed by atoms with Crippen LogP contribution in [0.4, 0.5) is 5.69 Å². The van der Waals surface area contributed by atoms with E-state index >= 15 is 0 Å². The second kappa shape index (κ2) is 7.57. The molecule has 0 radical (unpaired) electrons. The molecule has 2 rings (SSSR count). The molecule has 0 aliphatic rings. The summed E-state index contributed by atoms with van der Waals surface area (Å²) >= 11 is 0. The molecule has 2 aromatic carbocycles. The summed E-state index contributed by atoms with van der Waals surface area (Å²) in [4.78, 5) is 15.9. The summed E-state index contributed by atoms with van der Waals surface area (Å²) in [5.41, 5.74) is 3.19. The molecular formula is C16H16N2O4S. The molecule has 7 heteroatoms. The highest BCUT2D eigenvalue weighted by Gasteiger charge is 2.14. The van der Waals surface area contributed by atoms with Crippen molar-refractivity contribution in [2.45, 2.75) is 4.90 Å². The minimum atomic E-state index is -3.69. The van der Waals surface area contributed by atoms with E-state index in [0.717, 1.165) is 0 Å². The zero-order valence-corrected chi connectivity index (χ0v) is 13.2. The van der Waals surface area contributed by atoms with Crippen molar-refractivity contribution in [2.75, 3.05) is 11.8 Å². The van der Waals surface area contributed by atoms with Crippen LogP contribution >= 0.6 is 0 Å². The van der Waals surface area contributed by atoms with Crippen molar-refractivity contribution in [3.05, 3.63) is 66.2 Å². The fourth-order valence-electron chi connectivity index (χ4n) is 1.81. The molecule has 120 valence electrons. The number of carbonyl (C=O) groups excluding carboxylic acids is 1. The van der Waals surface area contributed by atoms with Crippen LogP contribution in [0.25, 0.3) is 6.08 Å². The van der Waals surface area contributed by atoms with Crippen molar-refractivity contribution < 1.29 is 18.0 Å². The largest absolute Gasteiger partial charge is 0.280 e. The van der Waals surface area contributed by atoms with Gasteiger partial charge in [-0.25, -0.2) is 13.9 Å². The number of benzene rings is 2. The number of rotatable bonds is 6. The van der Waals surface area contributed by atoms with Crippen LogP contribution in [0.5, 0.6) is 0 Å². The summed E-state index contributed by atoms with van der Waals surface area (Å²) in [6.45, 7) is 0. The molecule has 0 fully saturated rings. The number of hydroxylamine groups is 1. The van der Waals surface area contributed by atoms with Crippen molar-refractivity contribution in [2.24, 2.45) is 0 Å². The fraction of sp³-hybridized carbons (Fsp3) is 0.0625. The first kappa shape index (κ1) is 16.7. The number of amides is 1. The van der Waals surface area contributed by atoms with E-state index in [1.807, 2.05) is 0 Å². The monoisotopic (exact) mass is 332 g/mol. The summed E-state index contributed by atoms with van der Waals surface area (Å²) in [5, 5.41) is 0. The highest BCUT2D eigenvalue weighted by atomic mass is 32.2. The Bertz CT molecular complexity index is 802. The van der Waals surface area contributed by atoms with Gasteiger partial charge in [0.15, 0.2) is 0 Å². The molecule has 0 saturated carbocycles. The Hall–Kier alpha value is -2.64. The van der Waals surface area contributed by atoms with E-state index in [2.05, 4.69) is 15.0 Å². The lowest BCUT2D eigenvalue weighted by atomic mass is 10.2. The summed E-state index contributed by atoms with van der Waals surface area (Å²) in [6.07, 6.45) is 2.75. The van der Waals surface area contributed by atoms with Gasteiger partial charge in [0.05, 0.1) is 12.0 Å². The van der Waals surface area contributed by atoms with E-state index in [4.69, 9.17) is 0 Å². The first-order chi connectivity index (χ1) is 11.0. The molecule has 0 saturated heterocycles. The van der Waals surface area contributed by atoms with Crippen LogP contribution in [0.3, 0.4) is 0 Å². The van der Waals surface area contributed by atoms with E-state index in [0.29, 0.717) is 11.3 Å². The smallest absolute Gasteiger partial charge is 0.267 e. The molecule has 0 atom stereocenters. The molecule has 2 aromatic rings. The molecule has 23 heavy (non-hydrogen) atoms. The Morgan fingerprint density at radius 1 is 1.09 bits per heavy atom. The zero-order valence-electron chi connectivity index (χ0n) is 12.4. The maximum atomic E-state index is 12.4. The fourth-order valence-corrected chi connectivity index (χ4v) is 2.93. The standard InChI is InChI=1S/C16H16N2O4S/c1-22-17-16(19)11-10-13-6-5-9-15(12-13)23(20,21)18-14-7-3-2-4-8-14/h2-12,18H,1H3,(H,17,19)/b11-10+. The lowest BCUT2D eigenvalue weighted by Gasteiger charge is -2.08. The van der Waals surface area contributed by atoms with Crippen LogP contribution in [0, 0.1) is 0 Å². The van der Waals surface area contributed by atoms with Crippen molar-refractivity contribution >= 4 is 27.7 Å². The molecule has 6 nitrogen and oxygen atoms in total. The van der Waals surface area contributed by atoms with Gasteiger partial charge < -0.3 is 0 Å². The molecule has 0 aromatic heterocycles. The van der Waals surface area contributed by atoms with Crippen molar-refractivity contribution in [3.8, 4) is 0 Å². The minimum Gasteiger partial charge on any atom is -0.280 e. The van der Waals surface area contributed by atoms with Gasteiger partial charge >= 0.3 is 0 Å². The third kappa shape index (κ3) is 4.94. The van der Waals surface area contributed by atoms with Gasteiger partial charge in [-0.15, -0.1) is 0 Å². The zero-order chi connectivity index (χ0) is 16.7. The van der Waals surface area contributed by atoms with E-state index in [-0.39, 0.29) is 4.90 Å². The highest BCUT2D eigenvalue weighted by Crippen LogP contribution is 2.17. The normalized spacial score (nSPS) is 11.3. The second-order valence-corrected chi connectivity index (χ2v) is 6.23. The Balaban J connectivity index is 2.20. The van der Waals surface area contributed by atoms with Crippen LogP contribution in [0.15, 0.2) is 65.6 Å². The topological polar surface area (TPSA) is 84.5 Å². The minimum absolute atomic E-state index is 0.107. The number of carbonyl (C=O) groups is 1. The van der Waals surface area contributed by atoms with Crippen LogP contribution in [-0.4, -0.2) is 21.4 Å². The van der Waals surface area contributed by atoms with E-state index in [1.54, 1.807) is 42.5 Å². The first-order valence-electron chi connectivity index (χ1n) is 6.70. The maximum absolute atomic E-state index is 12.4. The SMILES string of the molecule is CONC(=O)/C=C/c1cccc(S(=O)(=O)Nc2ccccc2)c1. The Morgan fingerprint density at radius 2 is 1.83 bits per heavy atom. The quantitative estimate of drug-likeness (QED) is 0.627. The van der Waals surface area contributed by atoms with Crippen LogP contribution in [0.1, 0.15) is 5.56 Å². The van der Waals surface area contributed by atoms with Gasteiger partial charge in [-0.1, -0.05) is 30.3 Å². The number of hydrogen-bond acceptors (Lipinski definition) is 4. The predicted octanol–water partition coefficient (Wildman–Crippen LogP) is 2.18. The predicted molar refractivity (Wildman–Crippen MR) is 87.9 cm³/mol. The number of anilines is 1. The van der Waals surface area contributed by atoms with E-state index in [1.165, 1.54) is 31.4 Å². The number of sulfonamides is 1. The number of hydrogen-bond donors (Lipinski definition) is 2. The van der Waals surface area contributed by atoms with Crippen molar-refractivity contribution in [3.63, 3.8) is 0 Å². The second-order valence-electron chi connectivity index (χ2n) is 4.55. The van der Waals surface area contributed by atoms with Gasteiger partial charge in [0.1, 0.15) is 0 Å². The summed E-state index contributed by atoms with van der Waals surface area (Å²) in [7, 11) is -2.37. The average Bonchev–Trinajstić information content (AvgIpc) is 2.54. The number of nitrogens with one attached hydrogen (secondary N) is 2. The lowest BCUT2D eigenvalue weighted by Crippen LogP contribution is -2.18. The lowest BCUT2D eigenvalue weighted by molar-refractivity contribution is -0.126. The molecule has 0 spiro atoms. The van der Waals surface area contributed by atoms with Gasteiger partial charge in [-0.05, 0) is 35.9 Å². The third-order valence-corrected chi connectivity index (χ3v) is 4.20. The number of para-hydroxylation sites is 1. The van der Waals surface area contributed by atoms with Crippen LogP contribution in [0.2, 0.25) is 0 Å². The third-order valence-electron chi connectivity index (χ3n) is 2.82. The van der Waals surface area contributed by atoms with Crippen LogP contribution < -0.4 is 10.2 Å². The average molecular weight is 332 g/mol. The molecule has 0 bridgehead atoms. The molecule has 0 unspecified atom stereocenters. The van der Waals surface area contributed by atoms with Crippen molar-refractivity contribution in [1.82, 2.24) is 5.48 Å². The molecule has 2 N–H and O–H groups in total. The van der Waals surface area contributed by atoms with E-state index in [9.17, 15) is 13.2 Å². The Kier molecular flexibility index (Phi) is 5.51. The van der Waals surface area contributed by atoms with Gasteiger partial charge in [-0.3, -0.25) is 14.4 Å². The summed E-state index contributed by atoms with van der Waals surface area (Å²) in [6, 6.07) is 14.9. The van der Waals surface area contributed by atoms with E-state index < -0.39 is 15.9 Å². The Labute approximate surface area is 134 Å². The molecule has 0 aliphatic heterocycles.